The molecule has 2 unspecified atom stereocenters. The van der Waals surface area contributed by atoms with Crippen LogP contribution in [0.25, 0.3) is 0 Å². The number of carbonyl (C=O) groups is 3. The van der Waals surface area contributed by atoms with Crippen molar-refractivity contribution in [3.05, 3.63) is 235 Å². The monoisotopic (exact) mass is 1450 g/mol. The maximum atomic E-state index is 13.1. The molecule has 7 aromatic rings. The fraction of sp³-hybridized carbons (Fsp3) is 0.127. The Balaban J connectivity index is 0.000000344. The average Bonchev–Trinajstić information content (AvgIpc) is 3.00. The average molecular weight is 1450 g/mol. The summed E-state index contributed by atoms with van der Waals surface area (Å²) in [5, 5.41) is 14.5. The van der Waals surface area contributed by atoms with Gasteiger partial charge in [0.1, 0.15) is 6.54 Å². The van der Waals surface area contributed by atoms with E-state index in [1.165, 1.54) is 53.5 Å². The SMILES string of the molecule is C.Cl.ClP(Cl)(Cl)(Cl)Cl.Clc1ccccc1.NC(=O)CN=C(NS(=O)(=O)c1ccc(Cl)cc1)N1CC(c2ccccc2)C(c2ccc(Cl)cc2)=N1.NCC(N)=O.O=C(NS(=O)(=O)c1ccc(Cl)cc1)N1CC(c2ccccc2)C(c2ccc(Cl)cc2)=N1. The summed E-state index contributed by atoms with van der Waals surface area (Å²) in [6, 6.07) is 53.5. The van der Waals surface area contributed by atoms with E-state index in [9.17, 15) is 31.2 Å². The predicted molar refractivity (Wildman–Crippen MR) is 358 cm³/mol. The van der Waals surface area contributed by atoms with Crippen LogP contribution in [0.4, 0.5) is 4.79 Å². The standard InChI is InChI=1S/C24H21Cl2N5O3S.C22H17Cl2N3O3S.C6H5Cl.C2H6N2O.CH4.Cl5P.ClH/c25-18-8-6-17(7-9-18)23-21(16-4-2-1-3-5-16)15-31(29-23)24(28-14-22(27)32)30-35(33,34)20-12-10-19(26)11-13-20;23-17-8-6-16(7-9-17)21-20(15-4-2-1-3-5-15)14-27(25-21)22(28)26-31(29,30)19-12-10-18(24)11-13-19;7-6-4-2-1-3-5-6;3-1-2(4)5;;1-6(2,3,4)5;/h1-13,21H,14-15H2,(H2,27,32)(H,28,30);1-13,20H,14H2,(H,26,28);1-5H;1,3H2,(H2,4,5);1H4;;1H. The van der Waals surface area contributed by atoms with Gasteiger partial charge in [-0.15, -0.1) is 12.4 Å². The van der Waals surface area contributed by atoms with Crippen LogP contribution < -0.4 is 26.6 Å². The van der Waals surface area contributed by atoms with E-state index in [1.54, 1.807) is 24.3 Å². The van der Waals surface area contributed by atoms with Gasteiger partial charge in [0, 0.05) is 36.9 Å². The molecule has 9 rings (SSSR count). The zero-order valence-electron chi connectivity index (χ0n) is 43.7. The van der Waals surface area contributed by atoms with Crippen molar-refractivity contribution in [3.8, 4) is 0 Å². The minimum Gasteiger partial charge on any atom is -0.369 e. The van der Waals surface area contributed by atoms with Crippen molar-refractivity contribution in [3.63, 3.8) is 0 Å². The van der Waals surface area contributed by atoms with Gasteiger partial charge in [0.15, 0.2) is 0 Å². The van der Waals surface area contributed by atoms with Crippen LogP contribution in [-0.4, -0.2) is 88.3 Å². The fourth-order valence-electron chi connectivity index (χ4n) is 7.29. The largest absolute Gasteiger partial charge is 0.369 e. The Morgan fingerprint density at radius 2 is 0.802 bits per heavy atom. The summed E-state index contributed by atoms with van der Waals surface area (Å²) < 4.78 is 52.1. The molecule has 8 N–H and O–H groups in total. The number of hydrazone groups is 2. The van der Waals surface area contributed by atoms with Gasteiger partial charge in [-0.05, 0) is 107 Å². The number of carbonyl (C=O) groups excluding carboxylic acids is 3. The van der Waals surface area contributed by atoms with Gasteiger partial charge in [-0.25, -0.2) is 46.1 Å². The maximum absolute atomic E-state index is 13.1. The van der Waals surface area contributed by atoms with Crippen molar-refractivity contribution < 1.29 is 31.2 Å². The van der Waals surface area contributed by atoms with Crippen molar-refractivity contribution in [2.75, 3.05) is 26.2 Å². The first-order valence-electron chi connectivity index (χ1n) is 24.0. The molecule has 0 saturated carbocycles. The molecule has 31 heteroatoms. The first-order chi connectivity index (χ1) is 39.5. The molecule has 0 spiro atoms. The minimum atomic E-state index is -4.07. The number of halogens is 11. The summed E-state index contributed by atoms with van der Waals surface area (Å²) in [5.74, 6) is -1.72. The minimum absolute atomic E-state index is 0. The molecular formula is C55H54Cl11N10O7PS2. The molecular weight excluding hydrogens is 1400 g/mol. The van der Waals surface area contributed by atoms with Gasteiger partial charge in [-0.1, -0.05) is 169 Å². The van der Waals surface area contributed by atoms with Gasteiger partial charge in [0.05, 0.1) is 40.8 Å². The number of sulfonamides is 2. The van der Waals surface area contributed by atoms with Crippen LogP contribution in [0.2, 0.25) is 25.1 Å². The van der Waals surface area contributed by atoms with Crippen molar-refractivity contribution in [1.29, 1.82) is 0 Å². The third-order valence-electron chi connectivity index (χ3n) is 11.0. The Bertz CT molecular complexity index is 3660. The number of benzene rings is 7. The molecule has 0 aliphatic carbocycles. The molecule has 7 aromatic carbocycles. The van der Waals surface area contributed by atoms with Gasteiger partial charge in [0.2, 0.25) is 17.8 Å². The normalized spacial score (nSPS) is 14.9. The van der Waals surface area contributed by atoms with Crippen LogP contribution >= 0.6 is 130 Å². The molecule has 4 amide bonds. The smallest absolute Gasteiger partial charge is 0.351 e. The molecule has 0 radical (unpaired) electrons. The number of amides is 4. The van der Waals surface area contributed by atoms with Gasteiger partial charge in [0.25, 0.3) is 20.0 Å². The van der Waals surface area contributed by atoms with Crippen LogP contribution in [0.15, 0.2) is 213 Å². The van der Waals surface area contributed by atoms with Gasteiger partial charge in [-0.2, -0.15) is 10.2 Å². The number of rotatable bonds is 11. The Hall–Kier alpha value is -5.16. The molecule has 2 aliphatic rings. The molecule has 2 heterocycles. The van der Waals surface area contributed by atoms with Crippen molar-refractivity contribution >= 4 is 185 Å². The zero-order valence-corrected chi connectivity index (χ0v) is 54.6. The van der Waals surface area contributed by atoms with E-state index in [2.05, 4.69) is 25.3 Å². The van der Waals surface area contributed by atoms with Crippen LogP contribution in [0.5, 0.6) is 0 Å². The van der Waals surface area contributed by atoms with Crippen molar-refractivity contribution in [2.24, 2.45) is 32.4 Å². The van der Waals surface area contributed by atoms with E-state index in [0.717, 1.165) is 32.3 Å². The number of primary amides is 2. The predicted octanol–water partition coefficient (Wildman–Crippen LogP) is 14.6. The number of urea groups is 1. The van der Waals surface area contributed by atoms with Crippen LogP contribution in [0.1, 0.15) is 41.5 Å². The van der Waals surface area contributed by atoms with Crippen LogP contribution in [0.3, 0.4) is 0 Å². The second-order valence-corrected chi connectivity index (χ2v) is 39.4. The Kier molecular flexibility index (Phi) is 30.2. The number of nitrogens with zero attached hydrogens (tertiary/aromatic N) is 5. The summed E-state index contributed by atoms with van der Waals surface area (Å²) in [6.07, 6.45) is 0. The molecule has 0 fully saturated rings. The van der Waals surface area contributed by atoms with E-state index in [0.29, 0.717) is 31.5 Å². The first kappa shape index (κ1) is 75.1. The number of aliphatic imine (C=N–C) groups is 1. The molecule has 17 nitrogen and oxygen atoms in total. The summed E-state index contributed by atoms with van der Waals surface area (Å²) in [6.45, 7) is 0.00340. The van der Waals surface area contributed by atoms with Crippen LogP contribution in [0, 0.1) is 0 Å². The van der Waals surface area contributed by atoms with E-state index >= 15 is 0 Å². The molecule has 2 aliphatic heterocycles. The van der Waals surface area contributed by atoms with Gasteiger partial charge in [-0.3, -0.25) is 9.59 Å². The molecule has 0 bridgehead atoms. The summed E-state index contributed by atoms with van der Waals surface area (Å²) >= 11 is 54.2. The number of nitrogens with one attached hydrogen (secondary N) is 2. The Morgan fingerprint density at radius 3 is 1.13 bits per heavy atom. The summed E-state index contributed by atoms with van der Waals surface area (Å²) in [7, 11) is -8.12. The Morgan fingerprint density at radius 1 is 0.500 bits per heavy atom. The third-order valence-corrected chi connectivity index (χ3v) is 14.9. The number of guanidine groups is 1. The number of hydrogen-bond donors (Lipinski definition) is 5. The summed E-state index contributed by atoms with van der Waals surface area (Å²) in [5.41, 5.74) is 19.4. The van der Waals surface area contributed by atoms with Crippen molar-refractivity contribution in [2.45, 2.75) is 29.1 Å². The van der Waals surface area contributed by atoms with E-state index in [1.807, 2.05) is 115 Å². The molecule has 86 heavy (non-hydrogen) atoms. The van der Waals surface area contributed by atoms with E-state index < -0.39 is 47.8 Å². The van der Waals surface area contributed by atoms with Gasteiger partial charge < -0.3 is 17.2 Å². The molecule has 2 atom stereocenters. The van der Waals surface area contributed by atoms with E-state index in [-0.39, 0.29) is 67.1 Å². The number of hydrogen-bond acceptors (Lipinski definition) is 11. The third kappa shape index (κ3) is 25.9. The number of nitrogens with two attached hydrogens (primary N) is 3. The van der Waals surface area contributed by atoms with E-state index in [4.69, 9.17) is 131 Å². The topological polar surface area (TPSA) is 265 Å². The zero-order chi connectivity index (χ0) is 61.9. The molecule has 0 aromatic heterocycles. The van der Waals surface area contributed by atoms with Crippen molar-refractivity contribution in [1.82, 2.24) is 19.5 Å². The summed E-state index contributed by atoms with van der Waals surface area (Å²) in [4.78, 5) is 37.8. The second-order valence-electron chi connectivity index (χ2n) is 17.2. The quantitative estimate of drug-likeness (QED) is 0.0468. The second kappa shape index (κ2) is 34.6. The Labute approximate surface area is 554 Å². The maximum Gasteiger partial charge on any atom is 0.351 e. The fourth-order valence-corrected chi connectivity index (χ4v) is 9.91. The molecule has 0 saturated heterocycles. The molecule has 460 valence electrons. The first-order valence-corrected chi connectivity index (χ1v) is 35.7. The van der Waals surface area contributed by atoms with Gasteiger partial charge >= 0.3 is 65.6 Å². The van der Waals surface area contributed by atoms with Crippen LogP contribution in [-0.2, 0) is 29.6 Å².